The molecule has 2 heterocycles. The smallest absolute Gasteiger partial charge is 0.0719 e. The second-order valence-corrected chi connectivity index (χ2v) is 5.79. The standard InChI is InChI=1S/C16H24N2O/c1-2-4-15(5-3-1)14-18-11-7-16(8-12-18)6-9-17-10-13-19-16/h1-5,17H,6-14H2. The van der Waals surface area contributed by atoms with E-state index in [0.29, 0.717) is 0 Å². The van der Waals surface area contributed by atoms with Crippen LogP contribution in [0.3, 0.4) is 0 Å². The van der Waals surface area contributed by atoms with Crippen LogP contribution in [-0.2, 0) is 11.3 Å². The molecular weight excluding hydrogens is 236 g/mol. The summed E-state index contributed by atoms with van der Waals surface area (Å²) in [5.41, 5.74) is 1.58. The highest BCUT2D eigenvalue weighted by atomic mass is 16.5. The lowest BCUT2D eigenvalue weighted by Gasteiger charge is -2.41. The maximum atomic E-state index is 6.14. The van der Waals surface area contributed by atoms with E-state index in [1.54, 1.807) is 0 Å². The second kappa shape index (κ2) is 6.04. The Morgan fingerprint density at radius 1 is 1.05 bits per heavy atom. The Hall–Kier alpha value is -0.900. The molecule has 1 N–H and O–H groups in total. The third-order valence-electron chi connectivity index (χ3n) is 4.46. The number of hydrogen-bond acceptors (Lipinski definition) is 3. The van der Waals surface area contributed by atoms with Crippen molar-refractivity contribution in [2.75, 3.05) is 32.8 Å². The Balaban J connectivity index is 1.54. The largest absolute Gasteiger partial charge is 0.374 e. The van der Waals surface area contributed by atoms with Gasteiger partial charge in [0.1, 0.15) is 0 Å². The lowest BCUT2D eigenvalue weighted by Crippen LogP contribution is -2.46. The fraction of sp³-hybridized carbons (Fsp3) is 0.625. The van der Waals surface area contributed by atoms with Crippen LogP contribution in [0.5, 0.6) is 0 Å². The van der Waals surface area contributed by atoms with Gasteiger partial charge in [-0.3, -0.25) is 4.90 Å². The molecule has 2 aliphatic heterocycles. The summed E-state index contributed by atoms with van der Waals surface area (Å²) in [6, 6.07) is 10.8. The molecule has 2 saturated heterocycles. The van der Waals surface area contributed by atoms with E-state index in [4.69, 9.17) is 4.74 Å². The number of hydrogen-bond donors (Lipinski definition) is 1. The van der Waals surface area contributed by atoms with Crippen molar-refractivity contribution in [2.45, 2.75) is 31.4 Å². The van der Waals surface area contributed by atoms with Crippen LogP contribution in [0.25, 0.3) is 0 Å². The molecule has 1 spiro atoms. The van der Waals surface area contributed by atoms with Crippen LogP contribution in [0.15, 0.2) is 30.3 Å². The van der Waals surface area contributed by atoms with Crippen molar-refractivity contribution in [3.63, 3.8) is 0 Å². The summed E-state index contributed by atoms with van der Waals surface area (Å²) in [6.45, 7) is 6.39. The van der Waals surface area contributed by atoms with Crippen molar-refractivity contribution in [3.05, 3.63) is 35.9 Å². The summed E-state index contributed by atoms with van der Waals surface area (Å²) < 4.78 is 6.14. The van der Waals surface area contributed by atoms with Crippen molar-refractivity contribution in [2.24, 2.45) is 0 Å². The van der Waals surface area contributed by atoms with Gasteiger partial charge in [-0.1, -0.05) is 30.3 Å². The third kappa shape index (κ3) is 3.35. The number of nitrogens with zero attached hydrogens (tertiary/aromatic N) is 1. The molecule has 0 amide bonds. The van der Waals surface area contributed by atoms with Gasteiger partial charge in [-0.05, 0) is 31.4 Å². The Bertz CT molecular complexity index is 375. The van der Waals surface area contributed by atoms with Crippen molar-refractivity contribution in [3.8, 4) is 0 Å². The van der Waals surface area contributed by atoms with Gasteiger partial charge < -0.3 is 10.1 Å². The zero-order valence-corrected chi connectivity index (χ0v) is 11.6. The highest BCUT2D eigenvalue weighted by Crippen LogP contribution is 2.31. The fourth-order valence-electron chi connectivity index (χ4n) is 3.21. The van der Waals surface area contributed by atoms with Crippen molar-refractivity contribution >= 4 is 0 Å². The molecule has 0 bridgehead atoms. The molecule has 0 aromatic heterocycles. The predicted octanol–water partition coefficient (Wildman–Crippen LogP) is 2.03. The molecule has 3 nitrogen and oxygen atoms in total. The van der Waals surface area contributed by atoms with Crippen LogP contribution in [0, 0.1) is 0 Å². The number of likely N-dealkylation sites (tertiary alicyclic amines) is 1. The Labute approximate surface area is 115 Å². The SMILES string of the molecule is c1ccc(CN2CCC3(CCNCCO3)CC2)cc1. The van der Waals surface area contributed by atoms with Gasteiger partial charge in [-0.25, -0.2) is 0 Å². The Morgan fingerprint density at radius 2 is 1.84 bits per heavy atom. The fourth-order valence-corrected chi connectivity index (χ4v) is 3.21. The number of piperidine rings is 1. The molecule has 0 radical (unpaired) electrons. The molecule has 0 unspecified atom stereocenters. The quantitative estimate of drug-likeness (QED) is 0.880. The van der Waals surface area contributed by atoms with E-state index in [0.717, 1.165) is 39.3 Å². The van der Waals surface area contributed by atoms with Crippen LogP contribution in [-0.4, -0.2) is 43.3 Å². The van der Waals surface area contributed by atoms with E-state index in [2.05, 4.69) is 40.5 Å². The zero-order chi connectivity index (χ0) is 13.0. The maximum Gasteiger partial charge on any atom is 0.0719 e. The molecule has 104 valence electrons. The van der Waals surface area contributed by atoms with Crippen LogP contribution in [0.1, 0.15) is 24.8 Å². The van der Waals surface area contributed by atoms with Gasteiger partial charge in [0.05, 0.1) is 12.2 Å². The Kier molecular flexibility index (Phi) is 4.16. The molecule has 19 heavy (non-hydrogen) atoms. The van der Waals surface area contributed by atoms with Crippen molar-refractivity contribution in [1.29, 1.82) is 0 Å². The minimum absolute atomic E-state index is 0.163. The van der Waals surface area contributed by atoms with E-state index in [1.165, 1.54) is 24.8 Å². The summed E-state index contributed by atoms with van der Waals surface area (Å²) in [5, 5.41) is 3.43. The summed E-state index contributed by atoms with van der Waals surface area (Å²) in [6.07, 6.45) is 3.54. The van der Waals surface area contributed by atoms with Gasteiger partial charge in [-0.2, -0.15) is 0 Å². The lowest BCUT2D eigenvalue weighted by molar-refractivity contribution is -0.0787. The molecule has 1 aromatic carbocycles. The monoisotopic (exact) mass is 260 g/mol. The first kappa shape index (κ1) is 13.1. The van der Waals surface area contributed by atoms with Crippen LogP contribution in [0.2, 0.25) is 0 Å². The van der Waals surface area contributed by atoms with Gasteiger partial charge in [0.15, 0.2) is 0 Å². The average molecular weight is 260 g/mol. The molecular formula is C16H24N2O. The van der Waals surface area contributed by atoms with Crippen LogP contribution in [0.4, 0.5) is 0 Å². The first-order valence-corrected chi connectivity index (χ1v) is 7.47. The van der Waals surface area contributed by atoms with Gasteiger partial charge in [0.2, 0.25) is 0 Å². The summed E-state index contributed by atoms with van der Waals surface area (Å²) >= 11 is 0. The molecule has 1 aromatic rings. The van der Waals surface area contributed by atoms with Crippen molar-refractivity contribution < 1.29 is 4.74 Å². The van der Waals surface area contributed by atoms with Crippen molar-refractivity contribution in [1.82, 2.24) is 10.2 Å². The summed E-state index contributed by atoms with van der Waals surface area (Å²) in [5.74, 6) is 0. The van der Waals surface area contributed by atoms with Crippen LogP contribution >= 0.6 is 0 Å². The van der Waals surface area contributed by atoms with Gasteiger partial charge in [0, 0.05) is 26.2 Å². The minimum Gasteiger partial charge on any atom is -0.374 e. The molecule has 3 heteroatoms. The Morgan fingerprint density at radius 3 is 2.63 bits per heavy atom. The number of benzene rings is 1. The van der Waals surface area contributed by atoms with Gasteiger partial charge in [0.25, 0.3) is 0 Å². The van der Waals surface area contributed by atoms with E-state index in [9.17, 15) is 0 Å². The van der Waals surface area contributed by atoms with Crippen LogP contribution < -0.4 is 5.32 Å². The molecule has 0 atom stereocenters. The maximum absolute atomic E-state index is 6.14. The second-order valence-electron chi connectivity index (χ2n) is 5.79. The third-order valence-corrected chi connectivity index (χ3v) is 4.46. The zero-order valence-electron chi connectivity index (χ0n) is 11.6. The normalized spacial score (nSPS) is 24.2. The highest BCUT2D eigenvalue weighted by molar-refractivity contribution is 5.14. The average Bonchev–Trinajstić information content (AvgIpc) is 2.69. The summed E-state index contributed by atoms with van der Waals surface area (Å²) in [7, 11) is 0. The topological polar surface area (TPSA) is 24.5 Å². The molecule has 0 aliphatic carbocycles. The van der Waals surface area contributed by atoms with E-state index in [-0.39, 0.29) is 5.60 Å². The first-order chi connectivity index (χ1) is 9.36. The molecule has 2 aliphatic rings. The van der Waals surface area contributed by atoms with E-state index < -0.39 is 0 Å². The van der Waals surface area contributed by atoms with E-state index >= 15 is 0 Å². The van der Waals surface area contributed by atoms with E-state index in [1.807, 2.05) is 0 Å². The lowest BCUT2D eigenvalue weighted by atomic mass is 9.87. The van der Waals surface area contributed by atoms with Gasteiger partial charge in [-0.15, -0.1) is 0 Å². The highest BCUT2D eigenvalue weighted by Gasteiger charge is 2.35. The van der Waals surface area contributed by atoms with Gasteiger partial charge >= 0.3 is 0 Å². The molecule has 2 fully saturated rings. The minimum atomic E-state index is 0.163. The number of ether oxygens (including phenoxy) is 1. The number of rotatable bonds is 2. The molecule has 0 saturated carbocycles. The number of nitrogens with one attached hydrogen (secondary N) is 1. The molecule has 3 rings (SSSR count). The first-order valence-electron chi connectivity index (χ1n) is 7.47. The predicted molar refractivity (Wildman–Crippen MR) is 77.1 cm³/mol. The summed E-state index contributed by atoms with van der Waals surface area (Å²) in [4.78, 5) is 2.56.